The summed E-state index contributed by atoms with van der Waals surface area (Å²) in [7, 11) is 0. The minimum atomic E-state index is -0.560. The molecule has 3 rings (SSSR count). The number of nitrogens with one attached hydrogen (secondary N) is 2. The van der Waals surface area contributed by atoms with Gasteiger partial charge in [-0.3, -0.25) is 24.5 Å². The van der Waals surface area contributed by atoms with E-state index in [0.29, 0.717) is 16.9 Å². The molecule has 0 bridgehead atoms. The number of nitrogens with two attached hydrogens (primary N) is 1. The summed E-state index contributed by atoms with van der Waals surface area (Å²) >= 11 is 1.31. The van der Waals surface area contributed by atoms with E-state index in [2.05, 4.69) is 10.6 Å². The second-order valence-electron chi connectivity index (χ2n) is 6.56. The van der Waals surface area contributed by atoms with Crippen LogP contribution in [0, 0.1) is 10.1 Å². The van der Waals surface area contributed by atoms with E-state index in [9.17, 15) is 24.5 Å². The second kappa shape index (κ2) is 10.2. The molecule has 4 N–H and O–H groups in total. The van der Waals surface area contributed by atoms with E-state index in [1.54, 1.807) is 36.4 Å². The predicted molar refractivity (Wildman–Crippen MR) is 122 cm³/mol. The van der Waals surface area contributed by atoms with Gasteiger partial charge in [0.1, 0.15) is 0 Å². The zero-order chi connectivity index (χ0) is 23.1. The number of non-ortho nitro benzene ring substituents is 1. The molecule has 0 aliphatic heterocycles. The molecule has 0 saturated carbocycles. The number of rotatable bonds is 8. The van der Waals surface area contributed by atoms with Crippen LogP contribution in [0.25, 0.3) is 0 Å². The highest BCUT2D eigenvalue weighted by molar-refractivity contribution is 8.00. The fourth-order valence-corrected chi connectivity index (χ4v) is 3.36. The van der Waals surface area contributed by atoms with E-state index in [-0.39, 0.29) is 22.9 Å². The first-order chi connectivity index (χ1) is 15.3. The topological polar surface area (TPSA) is 144 Å². The Bertz CT molecular complexity index is 1160. The van der Waals surface area contributed by atoms with Gasteiger partial charge in [0.15, 0.2) is 0 Å². The van der Waals surface area contributed by atoms with Crippen molar-refractivity contribution in [3.63, 3.8) is 0 Å². The Hall–Kier alpha value is -4.18. The zero-order valence-electron chi connectivity index (χ0n) is 16.6. The normalized spacial score (nSPS) is 10.2. The zero-order valence-corrected chi connectivity index (χ0v) is 17.4. The van der Waals surface area contributed by atoms with E-state index >= 15 is 0 Å². The van der Waals surface area contributed by atoms with Crippen LogP contribution < -0.4 is 16.4 Å². The van der Waals surface area contributed by atoms with Crippen molar-refractivity contribution in [1.82, 2.24) is 0 Å². The SMILES string of the molecule is NC(=O)c1ccc(NC(=O)CSc2ccc(NC(=O)c3cccc([N+](=O)[O-])c3)cc2)cc1. The van der Waals surface area contributed by atoms with E-state index in [1.807, 2.05) is 0 Å². The maximum Gasteiger partial charge on any atom is 0.270 e. The maximum absolute atomic E-state index is 12.3. The fraction of sp³-hybridized carbons (Fsp3) is 0.0455. The molecular formula is C22H18N4O5S. The standard InChI is InChI=1S/C22H18N4O5S/c23-21(28)14-4-6-16(7-5-14)24-20(27)13-32-19-10-8-17(9-11-19)25-22(29)15-2-1-3-18(12-15)26(30)31/h1-12H,13H2,(H2,23,28)(H,24,27)(H,25,29). The molecule has 162 valence electrons. The van der Waals surface area contributed by atoms with Crippen LogP contribution in [0.4, 0.5) is 17.1 Å². The number of nitrogens with zero attached hydrogens (tertiary/aromatic N) is 1. The molecule has 3 aromatic rings. The van der Waals surface area contributed by atoms with Gasteiger partial charge in [-0.05, 0) is 54.6 Å². The fourth-order valence-electron chi connectivity index (χ4n) is 2.66. The number of nitro groups is 1. The summed E-state index contributed by atoms with van der Waals surface area (Å²) < 4.78 is 0. The van der Waals surface area contributed by atoms with Crippen molar-refractivity contribution in [1.29, 1.82) is 0 Å². The number of benzene rings is 3. The molecule has 0 aliphatic carbocycles. The van der Waals surface area contributed by atoms with Crippen LogP contribution in [0.5, 0.6) is 0 Å². The van der Waals surface area contributed by atoms with Crippen LogP contribution in [-0.2, 0) is 4.79 Å². The molecule has 0 radical (unpaired) electrons. The van der Waals surface area contributed by atoms with E-state index in [1.165, 1.54) is 48.2 Å². The van der Waals surface area contributed by atoms with Crippen molar-refractivity contribution in [3.8, 4) is 0 Å². The van der Waals surface area contributed by atoms with Gasteiger partial charge >= 0.3 is 0 Å². The van der Waals surface area contributed by atoms with Crippen molar-refractivity contribution in [2.24, 2.45) is 5.73 Å². The van der Waals surface area contributed by atoms with Crippen molar-refractivity contribution < 1.29 is 19.3 Å². The van der Waals surface area contributed by atoms with Gasteiger partial charge in [-0.25, -0.2) is 0 Å². The predicted octanol–water partition coefficient (Wildman–Crippen LogP) is 3.68. The Morgan fingerprint density at radius 3 is 2.12 bits per heavy atom. The van der Waals surface area contributed by atoms with Crippen LogP contribution >= 0.6 is 11.8 Å². The number of thioether (sulfide) groups is 1. The first-order valence-corrected chi connectivity index (χ1v) is 10.3. The number of carbonyl (C=O) groups is 3. The van der Waals surface area contributed by atoms with Gasteiger partial charge < -0.3 is 16.4 Å². The molecule has 0 atom stereocenters. The molecule has 9 nitrogen and oxygen atoms in total. The van der Waals surface area contributed by atoms with Gasteiger partial charge in [-0.1, -0.05) is 6.07 Å². The average Bonchev–Trinajstić information content (AvgIpc) is 2.79. The van der Waals surface area contributed by atoms with Crippen LogP contribution in [0.15, 0.2) is 77.7 Å². The van der Waals surface area contributed by atoms with Gasteiger partial charge in [-0.15, -0.1) is 11.8 Å². The summed E-state index contributed by atoms with van der Waals surface area (Å²) in [5.41, 5.74) is 6.63. The third-order valence-electron chi connectivity index (χ3n) is 4.25. The molecule has 0 aliphatic rings. The number of carbonyl (C=O) groups excluding carboxylic acids is 3. The minimum absolute atomic E-state index is 0.161. The summed E-state index contributed by atoms with van der Waals surface area (Å²) in [5.74, 6) is -1.05. The highest BCUT2D eigenvalue weighted by Gasteiger charge is 2.12. The van der Waals surface area contributed by atoms with Crippen LogP contribution in [0.2, 0.25) is 0 Å². The lowest BCUT2D eigenvalue weighted by atomic mass is 10.2. The molecule has 0 aromatic heterocycles. The first-order valence-electron chi connectivity index (χ1n) is 9.30. The maximum atomic E-state index is 12.3. The smallest absolute Gasteiger partial charge is 0.270 e. The van der Waals surface area contributed by atoms with Crippen molar-refractivity contribution in [2.45, 2.75) is 4.90 Å². The molecule has 32 heavy (non-hydrogen) atoms. The Morgan fingerprint density at radius 1 is 0.875 bits per heavy atom. The van der Waals surface area contributed by atoms with Crippen molar-refractivity contribution in [2.75, 3.05) is 16.4 Å². The van der Waals surface area contributed by atoms with Gasteiger partial charge in [0.25, 0.3) is 11.6 Å². The number of nitro benzene ring substituents is 1. The van der Waals surface area contributed by atoms with Crippen LogP contribution in [-0.4, -0.2) is 28.4 Å². The van der Waals surface area contributed by atoms with E-state index in [0.717, 1.165) is 4.90 Å². The number of anilines is 2. The number of hydrogen-bond donors (Lipinski definition) is 3. The highest BCUT2D eigenvalue weighted by Crippen LogP contribution is 2.22. The second-order valence-corrected chi connectivity index (χ2v) is 7.61. The number of hydrogen-bond acceptors (Lipinski definition) is 6. The largest absolute Gasteiger partial charge is 0.366 e. The lowest BCUT2D eigenvalue weighted by Gasteiger charge is -2.08. The van der Waals surface area contributed by atoms with Crippen LogP contribution in [0.1, 0.15) is 20.7 Å². The van der Waals surface area contributed by atoms with Gasteiger partial charge in [0.2, 0.25) is 11.8 Å². The third-order valence-corrected chi connectivity index (χ3v) is 5.27. The molecule has 0 spiro atoms. The average molecular weight is 450 g/mol. The highest BCUT2D eigenvalue weighted by atomic mass is 32.2. The van der Waals surface area contributed by atoms with Crippen molar-refractivity contribution in [3.05, 3.63) is 94.0 Å². The molecule has 10 heteroatoms. The molecule has 0 saturated heterocycles. The summed E-state index contributed by atoms with van der Waals surface area (Å²) in [6.45, 7) is 0. The minimum Gasteiger partial charge on any atom is -0.366 e. The molecule has 0 unspecified atom stereocenters. The third kappa shape index (κ3) is 6.16. The Kier molecular flexibility index (Phi) is 7.19. The Labute approximate surface area is 187 Å². The summed E-state index contributed by atoms with van der Waals surface area (Å²) in [6.07, 6.45) is 0. The Morgan fingerprint density at radius 2 is 1.50 bits per heavy atom. The lowest BCUT2D eigenvalue weighted by molar-refractivity contribution is -0.384. The van der Waals surface area contributed by atoms with Crippen LogP contribution in [0.3, 0.4) is 0 Å². The van der Waals surface area contributed by atoms with Gasteiger partial charge in [0, 0.05) is 39.5 Å². The molecule has 3 aromatic carbocycles. The van der Waals surface area contributed by atoms with E-state index < -0.39 is 16.7 Å². The number of amides is 3. The Balaban J connectivity index is 1.51. The summed E-state index contributed by atoms with van der Waals surface area (Å²) in [4.78, 5) is 46.6. The lowest BCUT2D eigenvalue weighted by Crippen LogP contribution is -2.15. The molecular weight excluding hydrogens is 432 g/mol. The molecule has 0 fully saturated rings. The summed E-state index contributed by atoms with van der Waals surface area (Å²) in [6, 6.07) is 18.6. The van der Waals surface area contributed by atoms with E-state index in [4.69, 9.17) is 5.73 Å². The van der Waals surface area contributed by atoms with Gasteiger partial charge in [-0.2, -0.15) is 0 Å². The van der Waals surface area contributed by atoms with Gasteiger partial charge in [0.05, 0.1) is 10.7 Å². The monoisotopic (exact) mass is 450 g/mol. The quantitative estimate of drug-likeness (QED) is 0.271. The summed E-state index contributed by atoms with van der Waals surface area (Å²) in [5, 5.41) is 16.3. The first kappa shape index (κ1) is 22.5. The van der Waals surface area contributed by atoms with Crippen molar-refractivity contribution >= 4 is 46.5 Å². The molecule has 0 heterocycles. The molecule has 3 amide bonds. The number of primary amides is 1.